The van der Waals surface area contributed by atoms with Crippen molar-refractivity contribution in [3.63, 3.8) is 0 Å². The summed E-state index contributed by atoms with van der Waals surface area (Å²) in [5.74, 6) is 3.51. The predicted molar refractivity (Wildman–Crippen MR) is 136 cm³/mol. The highest BCUT2D eigenvalue weighted by Crippen LogP contribution is 2.59. The van der Waals surface area contributed by atoms with Gasteiger partial charge in [0.15, 0.2) is 0 Å². The monoisotopic (exact) mass is 440 g/mol. The summed E-state index contributed by atoms with van der Waals surface area (Å²) in [7, 11) is 0. The molecule has 7 atom stereocenters. The fourth-order valence-electron chi connectivity index (χ4n) is 7.28. The third-order valence-corrected chi connectivity index (χ3v) is 9.45. The minimum absolute atomic E-state index is 0.382. The number of allylic oxidation sites excluding steroid dienone is 5. The van der Waals surface area contributed by atoms with Crippen molar-refractivity contribution in [2.75, 3.05) is 0 Å². The third-order valence-electron chi connectivity index (χ3n) is 9.45. The van der Waals surface area contributed by atoms with E-state index in [0.717, 1.165) is 23.0 Å². The lowest BCUT2D eigenvalue weighted by Crippen LogP contribution is -2.35. The lowest BCUT2D eigenvalue weighted by molar-refractivity contribution is 0.0862. The molecule has 2 heteroatoms. The summed E-state index contributed by atoms with van der Waals surface area (Å²) in [6.07, 6.45) is 18.4. The van der Waals surface area contributed by atoms with Crippen molar-refractivity contribution in [1.82, 2.24) is 0 Å². The molecule has 180 valence electrons. The smallest absolute Gasteiger partial charge is 0.0811 e. The number of aliphatic hydroxyl groups excluding tert-OH is 2. The molecule has 3 aliphatic rings. The Balaban J connectivity index is 1.74. The minimum atomic E-state index is -0.606. The van der Waals surface area contributed by atoms with Crippen molar-refractivity contribution in [3.8, 4) is 0 Å². The molecule has 0 aliphatic heterocycles. The molecule has 0 bridgehead atoms. The van der Waals surface area contributed by atoms with Crippen molar-refractivity contribution < 1.29 is 10.2 Å². The van der Waals surface area contributed by atoms with Gasteiger partial charge >= 0.3 is 0 Å². The first-order valence-electron chi connectivity index (χ1n) is 13.3. The maximum atomic E-state index is 10.2. The van der Waals surface area contributed by atoms with E-state index in [1.54, 1.807) is 5.57 Å². The van der Waals surface area contributed by atoms with Crippen LogP contribution in [0.5, 0.6) is 0 Å². The van der Waals surface area contributed by atoms with Crippen LogP contribution in [-0.4, -0.2) is 22.4 Å². The van der Waals surface area contributed by atoms with Gasteiger partial charge in [-0.1, -0.05) is 83.9 Å². The molecular formula is C30H48O2. The second-order valence-corrected chi connectivity index (χ2v) is 11.3. The predicted octanol–water partition coefficient (Wildman–Crippen LogP) is 7.39. The van der Waals surface area contributed by atoms with Crippen molar-refractivity contribution in [2.24, 2.45) is 35.0 Å². The SMILES string of the molecule is C=C1/C(=C/C=C2/CCC[C@@]3(C)C2CC[C@@H]3[C@H](C)/C=C/[C@@H](C)C(CC)CC)C[C@@H](O)C[C@@H]1O. The molecule has 0 aromatic carbocycles. The zero-order chi connectivity index (χ0) is 23.5. The van der Waals surface area contributed by atoms with Crippen LogP contribution in [0.2, 0.25) is 0 Å². The van der Waals surface area contributed by atoms with Gasteiger partial charge in [0.1, 0.15) is 0 Å². The molecule has 0 heterocycles. The van der Waals surface area contributed by atoms with Crippen LogP contribution in [0, 0.1) is 35.0 Å². The van der Waals surface area contributed by atoms with Gasteiger partial charge < -0.3 is 10.2 Å². The number of fused-ring (bicyclic) bond motifs is 1. The molecule has 3 saturated carbocycles. The number of aliphatic hydroxyl groups is 2. The molecular weight excluding hydrogens is 392 g/mol. The Labute approximate surface area is 197 Å². The molecule has 2 nitrogen and oxygen atoms in total. The van der Waals surface area contributed by atoms with E-state index in [0.29, 0.717) is 36.0 Å². The van der Waals surface area contributed by atoms with Gasteiger partial charge in [-0.3, -0.25) is 0 Å². The molecule has 3 rings (SSSR count). The maximum Gasteiger partial charge on any atom is 0.0811 e. The van der Waals surface area contributed by atoms with Gasteiger partial charge in [0.2, 0.25) is 0 Å². The van der Waals surface area contributed by atoms with Crippen LogP contribution >= 0.6 is 0 Å². The second kappa shape index (κ2) is 10.9. The van der Waals surface area contributed by atoms with Gasteiger partial charge in [-0.25, -0.2) is 0 Å². The molecule has 1 unspecified atom stereocenters. The summed E-state index contributed by atoms with van der Waals surface area (Å²) >= 11 is 0. The van der Waals surface area contributed by atoms with E-state index in [1.165, 1.54) is 44.9 Å². The van der Waals surface area contributed by atoms with Crippen molar-refractivity contribution in [3.05, 3.63) is 47.6 Å². The summed E-state index contributed by atoms with van der Waals surface area (Å²) in [4.78, 5) is 0. The fourth-order valence-corrected chi connectivity index (χ4v) is 7.28. The van der Waals surface area contributed by atoms with Gasteiger partial charge in [0.25, 0.3) is 0 Å². The molecule has 0 aromatic heterocycles. The highest BCUT2D eigenvalue weighted by atomic mass is 16.3. The quantitative estimate of drug-likeness (QED) is 0.405. The van der Waals surface area contributed by atoms with Gasteiger partial charge in [-0.05, 0) is 84.7 Å². The van der Waals surface area contributed by atoms with E-state index >= 15 is 0 Å². The summed E-state index contributed by atoms with van der Waals surface area (Å²) < 4.78 is 0. The molecule has 0 saturated heterocycles. The van der Waals surface area contributed by atoms with E-state index in [1.807, 2.05) is 0 Å². The largest absolute Gasteiger partial charge is 0.393 e. The topological polar surface area (TPSA) is 40.5 Å². The Kier molecular flexibility index (Phi) is 8.66. The Morgan fingerprint density at radius 2 is 1.81 bits per heavy atom. The van der Waals surface area contributed by atoms with Crippen LogP contribution in [0.3, 0.4) is 0 Å². The summed E-state index contributed by atoms with van der Waals surface area (Å²) in [6.45, 7) is 16.1. The Bertz CT molecular complexity index is 740. The molecule has 3 fully saturated rings. The van der Waals surface area contributed by atoms with Crippen LogP contribution in [-0.2, 0) is 0 Å². The molecule has 0 aromatic rings. The molecule has 3 aliphatic carbocycles. The number of hydrogen-bond donors (Lipinski definition) is 2. The van der Waals surface area contributed by atoms with Gasteiger partial charge in [0, 0.05) is 6.42 Å². The van der Waals surface area contributed by atoms with Crippen molar-refractivity contribution >= 4 is 0 Å². The Hall–Kier alpha value is -1.12. The standard InChI is InChI=1S/C30H48O2/c1-7-23(8-2)20(3)11-12-21(4)27-15-16-28-24(10-9-17-30(27,28)6)13-14-25-18-26(31)19-29(32)22(25)5/h11-14,20-21,23,26-29,31-32H,5,7-10,15-19H2,1-4,6H3/b12-11+,24-13-,25-14+/t20-,21-,26-,27-,28?,29+,30-/m1/s1. The molecule has 0 amide bonds. The van der Waals surface area contributed by atoms with Crippen LogP contribution < -0.4 is 0 Å². The van der Waals surface area contributed by atoms with E-state index < -0.39 is 12.2 Å². The lowest BCUT2D eigenvalue weighted by atomic mass is 9.61. The number of rotatable bonds is 7. The van der Waals surface area contributed by atoms with Crippen LogP contribution in [0.4, 0.5) is 0 Å². The molecule has 2 N–H and O–H groups in total. The third kappa shape index (κ3) is 5.33. The van der Waals surface area contributed by atoms with Crippen LogP contribution in [0.25, 0.3) is 0 Å². The summed E-state index contributed by atoms with van der Waals surface area (Å²) in [5, 5.41) is 20.2. The zero-order valence-electron chi connectivity index (χ0n) is 21.3. The average molecular weight is 441 g/mol. The van der Waals surface area contributed by atoms with Gasteiger partial charge in [-0.15, -0.1) is 0 Å². The first kappa shape index (κ1) is 25.5. The van der Waals surface area contributed by atoms with Gasteiger partial charge in [-0.2, -0.15) is 0 Å². The van der Waals surface area contributed by atoms with E-state index in [4.69, 9.17) is 0 Å². The highest BCUT2D eigenvalue weighted by molar-refractivity contribution is 5.38. The first-order valence-corrected chi connectivity index (χ1v) is 13.3. The number of hydrogen-bond acceptors (Lipinski definition) is 2. The second-order valence-electron chi connectivity index (χ2n) is 11.3. The molecule has 0 spiro atoms. The zero-order valence-corrected chi connectivity index (χ0v) is 21.3. The normalized spacial score (nSPS) is 38.1. The molecule has 0 radical (unpaired) electrons. The average Bonchev–Trinajstić information content (AvgIpc) is 3.12. The highest BCUT2D eigenvalue weighted by Gasteiger charge is 2.50. The van der Waals surface area contributed by atoms with E-state index in [2.05, 4.69) is 65.5 Å². The maximum absolute atomic E-state index is 10.2. The summed E-state index contributed by atoms with van der Waals surface area (Å²) in [6, 6.07) is 0. The van der Waals surface area contributed by atoms with Crippen molar-refractivity contribution in [2.45, 2.75) is 105 Å². The van der Waals surface area contributed by atoms with E-state index in [9.17, 15) is 10.2 Å². The lowest BCUT2D eigenvalue weighted by Gasteiger charge is -2.44. The molecule has 32 heavy (non-hydrogen) atoms. The Morgan fingerprint density at radius 1 is 1.09 bits per heavy atom. The minimum Gasteiger partial charge on any atom is -0.393 e. The van der Waals surface area contributed by atoms with Crippen molar-refractivity contribution in [1.29, 1.82) is 0 Å². The summed E-state index contributed by atoms with van der Waals surface area (Å²) in [5.41, 5.74) is 3.78. The van der Waals surface area contributed by atoms with Gasteiger partial charge in [0.05, 0.1) is 12.2 Å². The fraction of sp³-hybridized carbons (Fsp3) is 0.733. The Morgan fingerprint density at radius 3 is 2.50 bits per heavy atom. The van der Waals surface area contributed by atoms with E-state index in [-0.39, 0.29) is 0 Å². The first-order chi connectivity index (χ1) is 15.2. The van der Waals surface area contributed by atoms with Crippen LogP contribution in [0.15, 0.2) is 47.6 Å². The van der Waals surface area contributed by atoms with Crippen LogP contribution in [0.1, 0.15) is 92.4 Å².